The fraction of sp³-hybridized carbons (Fsp3) is 0.143. The van der Waals surface area contributed by atoms with Gasteiger partial charge in [-0.05, 0) is 0 Å². The van der Waals surface area contributed by atoms with Gasteiger partial charge in [0.2, 0.25) is 0 Å². The maximum atomic E-state index is 4.45. The number of anilines is 1. The molecule has 0 amide bonds. The molecule has 0 saturated heterocycles. The maximum absolute atomic E-state index is 4.45. The fourth-order valence-electron chi connectivity index (χ4n) is 3.07. The van der Waals surface area contributed by atoms with Gasteiger partial charge in [-0.25, -0.2) is 0 Å². The van der Waals surface area contributed by atoms with Crippen molar-refractivity contribution >= 4 is 18.1 Å². The number of rotatable bonds is 5. The molecule has 4 rings (SSSR count). The Balaban J connectivity index is 1.44. The van der Waals surface area contributed by atoms with Crippen molar-refractivity contribution in [2.24, 2.45) is 0 Å². The van der Waals surface area contributed by atoms with Crippen molar-refractivity contribution in [3.8, 4) is 11.1 Å². The first-order chi connectivity index (χ1) is 12.4. The van der Waals surface area contributed by atoms with E-state index in [1.165, 1.54) is 16.7 Å². The number of hydrogen-bond acceptors (Lipinski definition) is 2. The Morgan fingerprint density at radius 2 is 2.00 bits per heavy atom. The predicted octanol–water partition coefficient (Wildman–Crippen LogP) is 4.76. The number of H-pyrrole nitrogens is 1. The Labute approximate surface area is 148 Å². The third-order valence-electron chi connectivity index (χ3n) is 4.43. The Hall–Kier alpha value is -2.88. The van der Waals surface area contributed by atoms with Crippen LogP contribution in [0.15, 0.2) is 72.7 Å². The number of benzene rings is 1. The van der Waals surface area contributed by atoms with Crippen LogP contribution in [0.25, 0.3) is 16.7 Å². The second-order valence-electron chi connectivity index (χ2n) is 6.24. The van der Waals surface area contributed by atoms with E-state index in [1.54, 1.807) is 0 Å². The van der Waals surface area contributed by atoms with E-state index in [2.05, 4.69) is 89.1 Å². The summed E-state index contributed by atoms with van der Waals surface area (Å²) < 4.78 is 0. The zero-order valence-electron chi connectivity index (χ0n) is 14.1. The minimum absolute atomic E-state index is 0.731. The molecule has 4 heteroatoms. The Kier molecular flexibility index (Phi) is 4.60. The quantitative estimate of drug-likeness (QED) is 0.710. The summed E-state index contributed by atoms with van der Waals surface area (Å²) >= 11 is 0. The van der Waals surface area contributed by atoms with Gasteiger partial charge in [0.05, 0.1) is 0 Å². The second kappa shape index (κ2) is 7.35. The molecule has 3 nitrogen and oxygen atoms in total. The molecular weight excluding hydrogens is 305 g/mol. The van der Waals surface area contributed by atoms with E-state index in [0.717, 1.165) is 36.4 Å². The van der Waals surface area contributed by atoms with Gasteiger partial charge in [0.25, 0.3) is 0 Å². The molecule has 0 aliphatic heterocycles. The predicted molar refractivity (Wildman–Crippen MR) is 105 cm³/mol. The average molecular weight is 325 g/mol. The number of allylic oxidation sites excluding steroid dienone is 4. The van der Waals surface area contributed by atoms with E-state index in [0.29, 0.717) is 0 Å². The number of aromatic nitrogens is 2. The summed E-state index contributed by atoms with van der Waals surface area (Å²) in [6.07, 6.45) is 8.62. The van der Waals surface area contributed by atoms with Gasteiger partial charge in [-0.3, -0.25) is 0 Å². The van der Waals surface area contributed by atoms with Crippen LogP contribution in [0, 0.1) is 0 Å². The summed E-state index contributed by atoms with van der Waals surface area (Å²) in [5.74, 6) is 2.09. The zero-order chi connectivity index (χ0) is 16.9. The van der Waals surface area contributed by atoms with Gasteiger partial charge in [-0.1, -0.05) is 0 Å². The molecule has 0 fully saturated rings. The summed E-state index contributed by atoms with van der Waals surface area (Å²) in [6.45, 7) is 2.83. The van der Waals surface area contributed by atoms with E-state index in [-0.39, 0.29) is 0 Å². The third kappa shape index (κ3) is 3.79. The van der Waals surface area contributed by atoms with Crippen molar-refractivity contribution in [2.45, 2.75) is 19.4 Å². The third-order valence-corrected chi connectivity index (χ3v) is 4.43. The molecule has 2 N–H and O–H groups in total. The molecule has 0 unspecified atom stereocenters. The first-order valence-corrected chi connectivity index (χ1v) is 8.68. The minimum atomic E-state index is 0.731. The molecule has 0 bridgehead atoms. The molecular formula is C21H20BN3. The van der Waals surface area contributed by atoms with Crippen LogP contribution in [0.5, 0.6) is 0 Å². The average Bonchev–Trinajstić information content (AvgIpc) is 3.17. The summed E-state index contributed by atoms with van der Waals surface area (Å²) in [5, 5.41) is 11.1. The molecule has 3 aromatic rings. The molecule has 0 spiro atoms. The Morgan fingerprint density at radius 1 is 1.08 bits per heavy atom. The molecule has 1 aliphatic rings. The monoisotopic (exact) mass is 325 g/mol. The van der Waals surface area contributed by atoms with Crippen LogP contribution in [0.1, 0.15) is 24.2 Å². The van der Waals surface area contributed by atoms with Crippen LogP contribution >= 0.6 is 0 Å². The number of hydrogen-bond donors (Lipinski definition) is 2. The van der Waals surface area contributed by atoms with Crippen LogP contribution < -0.4 is 5.32 Å². The molecule has 0 saturated carbocycles. The molecule has 0 radical (unpaired) electrons. The molecule has 1 aliphatic carbocycles. The van der Waals surface area contributed by atoms with Crippen LogP contribution in [-0.4, -0.2) is 17.1 Å². The van der Waals surface area contributed by atoms with E-state index in [9.17, 15) is 0 Å². The molecule has 0 atom stereocenters. The second-order valence-corrected chi connectivity index (χ2v) is 6.24. The number of aromatic amines is 1. The van der Waals surface area contributed by atoms with E-state index in [1.807, 2.05) is 6.07 Å². The van der Waals surface area contributed by atoms with Crippen LogP contribution in [0.3, 0.4) is 0 Å². The molecule has 25 heavy (non-hydrogen) atoms. The Morgan fingerprint density at radius 3 is 2.84 bits per heavy atom. The van der Waals surface area contributed by atoms with Crippen molar-refractivity contribution in [3.05, 3.63) is 84.1 Å². The van der Waals surface area contributed by atoms with Gasteiger partial charge < -0.3 is 0 Å². The summed E-state index contributed by atoms with van der Waals surface area (Å²) in [5.41, 5.74) is 7.01. The van der Waals surface area contributed by atoms with Crippen molar-refractivity contribution < 1.29 is 0 Å². The Bertz CT molecular complexity index is 910. The summed E-state index contributed by atoms with van der Waals surface area (Å²) in [7, 11) is 0. The fourth-order valence-corrected chi connectivity index (χ4v) is 3.07. The van der Waals surface area contributed by atoms with Gasteiger partial charge >= 0.3 is 148 Å². The topological polar surface area (TPSA) is 40.7 Å². The first-order valence-electron chi connectivity index (χ1n) is 8.68. The standard InChI is InChI=1S/C21H20BN3/c1-3-7-16(8-4-1)18-11-12-22-21(13-18)23-15-19-14-20(25-24-19)17-9-5-2-6-10-17/h1-5,7-9,11-14,23H,6,10,15H2,(H,24,25). The van der Waals surface area contributed by atoms with Gasteiger partial charge in [0.1, 0.15) is 0 Å². The van der Waals surface area contributed by atoms with Crippen LogP contribution in [0.4, 0.5) is 5.58 Å². The van der Waals surface area contributed by atoms with Gasteiger partial charge in [-0.15, -0.1) is 0 Å². The first kappa shape index (κ1) is 15.6. The van der Waals surface area contributed by atoms with Crippen molar-refractivity contribution in [1.82, 2.24) is 10.2 Å². The molecule has 2 heterocycles. The number of nitrogens with zero attached hydrogens (tertiary/aromatic N) is 1. The van der Waals surface area contributed by atoms with E-state index in [4.69, 9.17) is 0 Å². The van der Waals surface area contributed by atoms with Gasteiger partial charge in [-0.2, -0.15) is 0 Å². The van der Waals surface area contributed by atoms with Crippen molar-refractivity contribution in [2.75, 3.05) is 5.32 Å². The molecule has 2 aromatic heterocycles. The zero-order valence-corrected chi connectivity index (χ0v) is 14.1. The normalized spacial score (nSPS) is 13.4. The van der Waals surface area contributed by atoms with E-state index < -0.39 is 0 Å². The SMILES string of the molecule is b1ccc(-c2ccccc2)cc1NCc1cc(C2=CC=CCC2)n[nH]1. The van der Waals surface area contributed by atoms with Crippen molar-refractivity contribution in [3.63, 3.8) is 0 Å². The van der Waals surface area contributed by atoms with E-state index >= 15 is 0 Å². The number of nitrogens with one attached hydrogen (secondary N) is 2. The van der Waals surface area contributed by atoms with Crippen LogP contribution in [-0.2, 0) is 6.54 Å². The molecule has 1 aromatic carbocycles. The molecule has 122 valence electrons. The summed E-state index contributed by atoms with van der Waals surface area (Å²) in [6, 6.07) is 16.9. The van der Waals surface area contributed by atoms with Gasteiger partial charge in [0, 0.05) is 0 Å². The van der Waals surface area contributed by atoms with Crippen LogP contribution in [0.2, 0.25) is 0 Å². The van der Waals surface area contributed by atoms with Crippen molar-refractivity contribution in [1.29, 1.82) is 0 Å². The van der Waals surface area contributed by atoms with Gasteiger partial charge in [0.15, 0.2) is 0 Å². The summed E-state index contributed by atoms with van der Waals surface area (Å²) in [4.78, 5) is 0.